The molecule has 1 aromatic carbocycles. The van der Waals surface area contributed by atoms with Gasteiger partial charge in [0.25, 0.3) is 0 Å². The Morgan fingerprint density at radius 3 is 2.61 bits per heavy atom. The summed E-state index contributed by atoms with van der Waals surface area (Å²) in [6, 6.07) is 10.4. The molecule has 0 radical (unpaired) electrons. The third-order valence-electron chi connectivity index (χ3n) is 7.03. The molecule has 4 fully saturated rings. The van der Waals surface area contributed by atoms with Crippen LogP contribution in [-0.2, 0) is 15.7 Å². The molecular formula is C19H28BNO2. The highest BCUT2D eigenvalue weighted by Gasteiger charge is 2.70. The number of hydrogen-bond donors (Lipinski definition) is 1. The fraction of sp³-hybridized carbons (Fsp3) is 0.684. The largest absolute Gasteiger partial charge is 0.475 e. The van der Waals surface area contributed by atoms with Gasteiger partial charge in [-0.3, -0.25) is 0 Å². The van der Waals surface area contributed by atoms with E-state index in [-0.39, 0.29) is 24.8 Å². The molecule has 0 aromatic heterocycles. The molecule has 6 atom stereocenters. The molecule has 23 heavy (non-hydrogen) atoms. The van der Waals surface area contributed by atoms with Crippen molar-refractivity contribution in [1.29, 1.82) is 0 Å². The molecule has 2 N–H and O–H groups in total. The van der Waals surface area contributed by atoms with Crippen LogP contribution in [0.1, 0.15) is 39.7 Å². The van der Waals surface area contributed by atoms with Gasteiger partial charge in [-0.25, -0.2) is 0 Å². The van der Waals surface area contributed by atoms with E-state index in [0.717, 1.165) is 12.3 Å². The van der Waals surface area contributed by atoms with Gasteiger partial charge in [-0.1, -0.05) is 51.1 Å². The molecule has 5 rings (SSSR count). The Morgan fingerprint density at radius 2 is 1.96 bits per heavy atom. The zero-order valence-corrected chi connectivity index (χ0v) is 14.7. The van der Waals surface area contributed by atoms with E-state index < -0.39 is 0 Å². The predicted octanol–water partition coefficient (Wildman–Crippen LogP) is 3.07. The van der Waals surface area contributed by atoms with E-state index in [4.69, 9.17) is 15.0 Å². The van der Waals surface area contributed by atoms with Gasteiger partial charge in [-0.15, -0.1) is 0 Å². The van der Waals surface area contributed by atoms with Crippen molar-refractivity contribution in [2.45, 2.75) is 58.2 Å². The summed E-state index contributed by atoms with van der Waals surface area (Å²) >= 11 is 0. The van der Waals surface area contributed by atoms with Gasteiger partial charge in [0.1, 0.15) is 0 Å². The summed E-state index contributed by atoms with van der Waals surface area (Å²) in [4.78, 5) is 0. The number of benzene rings is 1. The van der Waals surface area contributed by atoms with E-state index in [2.05, 4.69) is 52.0 Å². The smallest absolute Gasteiger partial charge is 0.404 e. The Kier molecular flexibility index (Phi) is 3.46. The van der Waals surface area contributed by atoms with E-state index in [9.17, 15) is 0 Å². The fourth-order valence-electron chi connectivity index (χ4n) is 5.76. The standard InChI is InChI=1S/C19H28BNO2/c1-12-14-11-15(18(14,2)3)19(4)17(12)22-20(23-19)16(21)10-13-8-6-5-7-9-13/h5-9,12,14-17H,10-11,21H2,1-4H3/t12-,14+,15+,16?,17-,19+/m1/s1. The Balaban J connectivity index is 1.52. The SMILES string of the molecule is C[C@H]1[C@H]2OB(C(N)Cc3ccccc3)O[C@@]2(C)[C@H]2C[C@@H]1C2(C)C. The monoisotopic (exact) mass is 313 g/mol. The first-order valence-corrected chi connectivity index (χ1v) is 8.97. The first-order chi connectivity index (χ1) is 10.8. The molecule has 0 amide bonds. The molecule has 3 aliphatic carbocycles. The second-order valence-corrected chi connectivity index (χ2v) is 8.66. The summed E-state index contributed by atoms with van der Waals surface area (Å²) in [6.45, 7) is 9.37. The lowest BCUT2D eigenvalue weighted by Crippen LogP contribution is -2.68. The molecular weight excluding hydrogens is 285 g/mol. The van der Waals surface area contributed by atoms with E-state index in [0.29, 0.717) is 17.3 Å². The van der Waals surface area contributed by atoms with Gasteiger partial charge in [0.15, 0.2) is 0 Å². The van der Waals surface area contributed by atoms with Crippen LogP contribution in [0.5, 0.6) is 0 Å². The van der Waals surface area contributed by atoms with Gasteiger partial charge in [-0.05, 0) is 48.5 Å². The molecule has 3 nitrogen and oxygen atoms in total. The lowest BCUT2D eigenvalue weighted by atomic mass is 9.41. The molecule has 4 heteroatoms. The van der Waals surface area contributed by atoms with Crippen LogP contribution in [0.15, 0.2) is 30.3 Å². The van der Waals surface area contributed by atoms with Crippen molar-refractivity contribution in [2.75, 3.05) is 0 Å². The number of rotatable bonds is 3. The van der Waals surface area contributed by atoms with Crippen LogP contribution in [0.3, 0.4) is 0 Å². The summed E-state index contributed by atoms with van der Waals surface area (Å²) in [7, 11) is -0.289. The third-order valence-corrected chi connectivity index (χ3v) is 7.03. The van der Waals surface area contributed by atoms with Crippen molar-refractivity contribution in [1.82, 2.24) is 0 Å². The molecule has 0 spiro atoms. The molecule has 3 saturated carbocycles. The molecule has 1 aromatic rings. The minimum Gasteiger partial charge on any atom is -0.404 e. The maximum atomic E-state index is 6.50. The number of hydrogen-bond acceptors (Lipinski definition) is 3. The molecule has 4 aliphatic rings. The van der Waals surface area contributed by atoms with Crippen LogP contribution in [0, 0.1) is 23.2 Å². The maximum absolute atomic E-state index is 6.50. The summed E-state index contributed by atoms with van der Waals surface area (Å²) < 4.78 is 12.9. The van der Waals surface area contributed by atoms with Crippen LogP contribution in [0.4, 0.5) is 0 Å². The predicted molar refractivity (Wildman–Crippen MR) is 92.8 cm³/mol. The van der Waals surface area contributed by atoms with Gasteiger partial charge < -0.3 is 15.0 Å². The Labute approximate surface area is 140 Å². The normalized spacial score (nSPS) is 42.0. The van der Waals surface area contributed by atoms with E-state index in [1.54, 1.807) is 0 Å². The minimum absolute atomic E-state index is 0.118. The van der Waals surface area contributed by atoms with Crippen LogP contribution < -0.4 is 5.73 Å². The molecule has 1 saturated heterocycles. The lowest BCUT2D eigenvalue weighted by Gasteiger charge is -2.67. The average molecular weight is 313 g/mol. The Hall–Kier alpha value is -0.835. The molecule has 1 heterocycles. The van der Waals surface area contributed by atoms with Crippen molar-refractivity contribution < 1.29 is 9.31 Å². The first kappa shape index (κ1) is 15.7. The number of nitrogens with two attached hydrogens (primary N) is 1. The zero-order valence-electron chi connectivity index (χ0n) is 14.7. The minimum atomic E-state index is -0.289. The first-order valence-electron chi connectivity index (χ1n) is 8.97. The van der Waals surface area contributed by atoms with Gasteiger partial charge in [0.05, 0.1) is 11.7 Å². The Morgan fingerprint density at radius 1 is 1.26 bits per heavy atom. The summed E-state index contributed by atoms with van der Waals surface area (Å²) in [6.07, 6.45) is 2.25. The van der Waals surface area contributed by atoms with Crippen LogP contribution >= 0.6 is 0 Å². The summed E-state index contributed by atoms with van der Waals surface area (Å²) in [5, 5.41) is 0. The summed E-state index contributed by atoms with van der Waals surface area (Å²) in [5.74, 6) is 1.75. The van der Waals surface area contributed by atoms with E-state index in [1.165, 1.54) is 12.0 Å². The van der Waals surface area contributed by atoms with Gasteiger partial charge in [0, 0.05) is 5.94 Å². The highest BCUT2D eigenvalue weighted by molar-refractivity contribution is 6.47. The topological polar surface area (TPSA) is 44.5 Å². The van der Waals surface area contributed by atoms with E-state index >= 15 is 0 Å². The third kappa shape index (κ3) is 2.15. The van der Waals surface area contributed by atoms with Crippen LogP contribution in [-0.4, -0.2) is 24.8 Å². The van der Waals surface area contributed by atoms with Crippen molar-refractivity contribution in [2.24, 2.45) is 28.9 Å². The lowest BCUT2D eigenvalue weighted by molar-refractivity contribution is -0.227. The Bertz CT molecular complexity index is 592. The van der Waals surface area contributed by atoms with Gasteiger partial charge in [-0.2, -0.15) is 0 Å². The van der Waals surface area contributed by atoms with Crippen LogP contribution in [0.2, 0.25) is 0 Å². The van der Waals surface area contributed by atoms with E-state index in [1.807, 2.05) is 6.07 Å². The van der Waals surface area contributed by atoms with Gasteiger partial charge >= 0.3 is 7.12 Å². The average Bonchev–Trinajstić information content (AvgIpc) is 2.86. The molecule has 1 unspecified atom stereocenters. The fourth-order valence-corrected chi connectivity index (χ4v) is 5.76. The van der Waals surface area contributed by atoms with Crippen molar-refractivity contribution in [3.05, 3.63) is 35.9 Å². The maximum Gasteiger partial charge on any atom is 0.475 e. The van der Waals surface area contributed by atoms with Crippen molar-refractivity contribution in [3.8, 4) is 0 Å². The van der Waals surface area contributed by atoms with Crippen LogP contribution in [0.25, 0.3) is 0 Å². The second kappa shape index (κ2) is 5.08. The second-order valence-electron chi connectivity index (χ2n) is 8.66. The zero-order chi connectivity index (χ0) is 16.4. The van der Waals surface area contributed by atoms with Gasteiger partial charge in [0.2, 0.25) is 0 Å². The molecule has 1 aliphatic heterocycles. The highest BCUT2D eigenvalue weighted by Crippen LogP contribution is 2.67. The summed E-state index contributed by atoms with van der Waals surface area (Å²) in [5.41, 5.74) is 7.86. The molecule has 2 bridgehead atoms. The van der Waals surface area contributed by atoms with Crippen molar-refractivity contribution >= 4 is 7.12 Å². The highest BCUT2D eigenvalue weighted by atomic mass is 16.7. The van der Waals surface area contributed by atoms with Crippen molar-refractivity contribution in [3.63, 3.8) is 0 Å². The quantitative estimate of drug-likeness (QED) is 0.872. The molecule has 124 valence electrons.